The molecule has 3 aliphatic heterocycles. The largest absolute Gasteiger partial charge is 0.456 e. The molecule has 33 heavy (non-hydrogen) atoms. The van der Waals surface area contributed by atoms with Crippen molar-refractivity contribution in [2.75, 3.05) is 32.8 Å². The van der Waals surface area contributed by atoms with Crippen LogP contribution >= 0.6 is 0 Å². The zero-order valence-corrected chi connectivity index (χ0v) is 18.6. The predicted octanol–water partition coefficient (Wildman–Crippen LogP) is -0.0606. The first-order chi connectivity index (χ1) is 15.9. The summed E-state index contributed by atoms with van der Waals surface area (Å²) in [6.07, 6.45) is 4.39. The maximum Gasteiger partial charge on any atom is 0.336 e. The van der Waals surface area contributed by atoms with Gasteiger partial charge in [-0.05, 0) is 56.6 Å². The Labute approximate surface area is 190 Å². The van der Waals surface area contributed by atoms with Gasteiger partial charge in [-0.25, -0.2) is 9.78 Å². The Morgan fingerprint density at radius 1 is 1.18 bits per heavy atom. The minimum Gasteiger partial charge on any atom is -0.456 e. The van der Waals surface area contributed by atoms with E-state index in [0.29, 0.717) is 54.7 Å². The van der Waals surface area contributed by atoms with E-state index in [1.165, 1.54) is 17.2 Å². The summed E-state index contributed by atoms with van der Waals surface area (Å²) < 4.78 is 6.50. The SMILES string of the molecule is CC1=C(N2CCC3(CCN(C[C@@H](O)c4ncc(-n5cnnn5)nc4C)CC3)C2=O)COC1=O. The summed E-state index contributed by atoms with van der Waals surface area (Å²) in [5.41, 5.74) is 1.97. The number of β-amino-alcohol motifs (C(OH)–C–C–N with tert-alkyl or cyclic N) is 1. The number of hydrogen-bond donors (Lipinski definition) is 1. The van der Waals surface area contributed by atoms with Crippen molar-refractivity contribution < 1.29 is 19.4 Å². The summed E-state index contributed by atoms with van der Waals surface area (Å²) in [4.78, 5) is 37.7. The predicted molar refractivity (Wildman–Crippen MR) is 113 cm³/mol. The van der Waals surface area contributed by atoms with Crippen LogP contribution in [0.2, 0.25) is 0 Å². The number of aryl methyl sites for hydroxylation is 1. The fourth-order valence-corrected chi connectivity index (χ4v) is 4.97. The lowest BCUT2D eigenvalue weighted by molar-refractivity contribution is -0.138. The summed E-state index contributed by atoms with van der Waals surface area (Å²) in [5, 5.41) is 21.8. The molecular formula is C21H26N8O4. The minimum absolute atomic E-state index is 0.0928. The molecular weight excluding hydrogens is 428 g/mol. The second kappa shape index (κ2) is 8.27. The van der Waals surface area contributed by atoms with Crippen LogP contribution in [0.5, 0.6) is 0 Å². The van der Waals surface area contributed by atoms with E-state index in [1.807, 2.05) is 0 Å². The van der Waals surface area contributed by atoms with Gasteiger partial charge in [-0.1, -0.05) is 0 Å². The van der Waals surface area contributed by atoms with Gasteiger partial charge in [-0.3, -0.25) is 9.78 Å². The first kappa shape index (κ1) is 21.6. The monoisotopic (exact) mass is 454 g/mol. The van der Waals surface area contributed by atoms with Crippen LogP contribution in [0, 0.1) is 12.3 Å². The number of ether oxygens (including phenoxy) is 1. The summed E-state index contributed by atoms with van der Waals surface area (Å²) in [6.45, 7) is 6.14. The zero-order valence-electron chi connectivity index (χ0n) is 18.6. The average molecular weight is 454 g/mol. The van der Waals surface area contributed by atoms with Crippen molar-refractivity contribution in [1.82, 2.24) is 40.0 Å². The standard InChI is InChI=1S/C21H26N8O4/c1-13-15(11-33-19(13)31)28-8-5-21(20(28)32)3-6-27(7-4-21)10-16(30)18-14(2)24-17(9-22-18)29-12-23-25-26-29/h9,12,16,30H,3-8,10-11H2,1-2H3/t16-/m1/s1. The Bertz CT molecular complexity index is 1110. The number of cyclic esters (lactones) is 1. The molecule has 174 valence electrons. The van der Waals surface area contributed by atoms with E-state index in [4.69, 9.17) is 4.74 Å². The first-order valence-electron chi connectivity index (χ1n) is 11.0. The Morgan fingerprint density at radius 2 is 1.94 bits per heavy atom. The number of tetrazole rings is 1. The average Bonchev–Trinajstić information content (AvgIpc) is 3.53. The molecule has 0 bridgehead atoms. The van der Waals surface area contributed by atoms with Crippen LogP contribution in [0.25, 0.3) is 5.82 Å². The number of hydrogen-bond acceptors (Lipinski definition) is 10. The Morgan fingerprint density at radius 3 is 2.58 bits per heavy atom. The van der Waals surface area contributed by atoms with E-state index in [2.05, 4.69) is 30.4 Å². The summed E-state index contributed by atoms with van der Waals surface area (Å²) >= 11 is 0. The second-order valence-electron chi connectivity index (χ2n) is 8.90. The molecule has 0 unspecified atom stereocenters. The van der Waals surface area contributed by atoms with Gasteiger partial charge in [-0.15, -0.1) is 5.10 Å². The van der Waals surface area contributed by atoms with Crippen LogP contribution in [0.4, 0.5) is 0 Å². The maximum atomic E-state index is 13.3. The molecule has 12 nitrogen and oxygen atoms in total. The highest BCUT2D eigenvalue weighted by Gasteiger charge is 2.50. The summed E-state index contributed by atoms with van der Waals surface area (Å²) in [7, 11) is 0. The number of likely N-dealkylation sites (tertiary alicyclic amines) is 2. The minimum atomic E-state index is -0.792. The van der Waals surface area contributed by atoms with Gasteiger partial charge >= 0.3 is 5.97 Å². The third-order valence-electron chi connectivity index (χ3n) is 7.03. The Hall–Kier alpha value is -3.25. The molecule has 2 fully saturated rings. The molecule has 2 aromatic heterocycles. The lowest BCUT2D eigenvalue weighted by Crippen LogP contribution is -2.45. The number of rotatable bonds is 5. The fraction of sp³-hybridized carbons (Fsp3) is 0.571. The van der Waals surface area contributed by atoms with Crippen LogP contribution in [-0.4, -0.2) is 89.7 Å². The molecule has 5 heterocycles. The highest BCUT2D eigenvalue weighted by molar-refractivity contribution is 5.94. The number of carbonyl (C=O) groups is 2. The molecule has 1 amide bonds. The highest BCUT2D eigenvalue weighted by atomic mass is 16.5. The molecule has 0 aromatic carbocycles. The van der Waals surface area contributed by atoms with E-state index in [9.17, 15) is 14.7 Å². The first-order valence-corrected chi connectivity index (χ1v) is 11.0. The van der Waals surface area contributed by atoms with Crippen LogP contribution in [-0.2, 0) is 14.3 Å². The van der Waals surface area contributed by atoms with E-state index in [0.717, 1.165) is 19.3 Å². The van der Waals surface area contributed by atoms with E-state index >= 15 is 0 Å². The second-order valence-corrected chi connectivity index (χ2v) is 8.90. The molecule has 2 saturated heterocycles. The van der Waals surface area contributed by atoms with Crippen LogP contribution in [0.15, 0.2) is 23.8 Å². The summed E-state index contributed by atoms with van der Waals surface area (Å²) in [6, 6.07) is 0. The third kappa shape index (κ3) is 3.78. The number of nitrogens with zero attached hydrogens (tertiary/aromatic N) is 8. The Balaban J connectivity index is 1.21. The molecule has 1 N–H and O–H groups in total. The quantitative estimate of drug-likeness (QED) is 0.611. The number of aromatic nitrogens is 6. The topological polar surface area (TPSA) is 139 Å². The molecule has 12 heteroatoms. The number of aliphatic hydroxyl groups is 1. The van der Waals surface area contributed by atoms with Crippen molar-refractivity contribution in [3.05, 3.63) is 35.2 Å². The van der Waals surface area contributed by atoms with Gasteiger partial charge in [0, 0.05) is 13.1 Å². The summed E-state index contributed by atoms with van der Waals surface area (Å²) in [5.74, 6) is 0.236. The van der Waals surface area contributed by atoms with E-state index in [1.54, 1.807) is 18.7 Å². The van der Waals surface area contributed by atoms with E-state index < -0.39 is 11.5 Å². The normalized spacial score (nSPS) is 21.8. The highest BCUT2D eigenvalue weighted by Crippen LogP contribution is 2.43. The van der Waals surface area contributed by atoms with Gasteiger partial charge in [0.2, 0.25) is 5.91 Å². The molecule has 0 aliphatic carbocycles. The molecule has 1 atom stereocenters. The van der Waals surface area contributed by atoms with Crippen molar-refractivity contribution in [3.8, 4) is 5.82 Å². The number of esters is 1. The van der Waals surface area contributed by atoms with Gasteiger partial charge in [0.25, 0.3) is 0 Å². The van der Waals surface area contributed by atoms with E-state index in [-0.39, 0.29) is 18.5 Å². The smallest absolute Gasteiger partial charge is 0.336 e. The lowest BCUT2D eigenvalue weighted by atomic mass is 9.77. The molecule has 0 radical (unpaired) electrons. The fourth-order valence-electron chi connectivity index (χ4n) is 4.97. The van der Waals surface area contributed by atoms with Gasteiger partial charge in [0.1, 0.15) is 19.0 Å². The van der Waals surface area contributed by atoms with Crippen LogP contribution in [0.1, 0.15) is 43.7 Å². The van der Waals surface area contributed by atoms with Gasteiger partial charge in [0.15, 0.2) is 5.82 Å². The van der Waals surface area contributed by atoms with Crippen LogP contribution < -0.4 is 0 Å². The maximum absolute atomic E-state index is 13.3. The zero-order chi connectivity index (χ0) is 23.2. The number of aliphatic hydroxyl groups excluding tert-OH is 1. The van der Waals surface area contributed by atoms with Crippen molar-refractivity contribution in [3.63, 3.8) is 0 Å². The number of carbonyl (C=O) groups excluding carboxylic acids is 2. The van der Waals surface area contributed by atoms with Gasteiger partial charge in [-0.2, -0.15) is 4.68 Å². The molecule has 5 rings (SSSR count). The number of amides is 1. The van der Waals surface area contributed by atoms with Crippen molar-refractivity contribution in [1.29, 1.82) is 0 Å². The lowest BCUT2D eigenvalue weighted by Gasteiger charge is -2.38. The van der Waals surface area contributed by atoms with Crippen molar-refractivity contribution in [2.45, 2.75) is 39.2 Å². The molecule has 1 spiro atoms. The molecule has 2 aromatic rings. The number of piperidine rings is 1. The van der Waals surface area contributed by atoms with Gasteiger partial charge < -0.3 is 19.6 Å². The third-order valence-corrected chi connectivity index (χ3v) is 7.03. The molecule has 0 saturated carbocycles. The van der Waals surface area contributed by atoms with Crippen LogP contribution in [0.3, 0.4) is 0 Å². The van der Waals surface area contributed by atoms with Crippen molar-refractivity contribution >= 4 is 11.9 Å². The van der Waals surface area contributed by atoms with Crippen molar-refractivity contribution in [2.24, 2.45) is 5.41 Å². The Kier molecular flexibility index (Phi) is 5.41. The molecule has 3 aliphatic rings. The van der Waals surface area contributed by atoms with Gasteiger partial charge in [0.05, 0.1) is 34.3 Å².